The highest BCUT2D eigenvalue weighted by molar-refractivity contribution is 9.10. The molecule has 1 aromatic rings. The predicted molar refractivity (Wildman–Crippen MR) is 86.3 cm³/mol. The minimum absolute atomic E-state index is 0.159. The maximum Gasteiger partial charge on any atom is 0.137 e. The molecule has 3 atom stereocenters. The molecule has 1 nitrogen and oxygen atoms in total. The molecule has 0 spiro atoms. The summed E-state index contributed by atoms with van der Waals surface area (Å²) in [5.41, 5.74) is 1.09. The molecular weight excluding hydrogens is 317 g/mol. The Hall–Kier alpha value is -0.410. The van der Waals surface area contributed by atoms with Gasteiger partial charge in [-0.2, -0.15) is 0 Å². The standard InChI is InChI=1S/C17H25BrFN/c1-3-12-6-5-7-13(10-12)17(20-4-2)14-8-9-15(18)16(19)11-14/h8-9,11-13,17,20H,3-7,10H2,1-2H3. The largest absolute Gasteiger partial charge is 0.310 e. The number of benzene rings is 1. The van der Waals surface area contributed by atoms with Crippen LogP contribution in [0.5, 0.6) is 0 Å². The molecule has 0 amide bonds. The van der Waals surface area contributed by atoms with Crippen LogP contribution in [0.25, 0.3) is 0 Å². The highest BCUT2D eigenvalue weighted by Gasteiger charge is 2.28. The molecule has 20 heavy (non-hydrogen) atoms. The molecule has 3 heteroatoms. The zero-order valence-corrected chi connectivity index (χ0v) is 14.0. The van der Waals surface area contributed by atoms with Gasteiger partial charge in [-0.15, -0.1) is 0 Å². The van der Waals surface area contributed by atoms with Gasteiger partial charge in [-0.1, -0.05) is 39.2 Å². The molecule has 0 bridgehead atoms. The number of halogens is 2. The minimum atomic E-state index is -0.159. The zero-order chi connectivity index (χ0) is 14.5. The Kier molecular flexibility index (Phi) is 6.03. The fraction of sp³-hybridized carbons (Fsp3) is 0.647. The van der Waals surface area contributed by atoms with Crippen molar-refractivity contribution in [2.24, 2.45) is 11.8 Å². The monoisotopic (exact) mass is 341 g/mol. The lowest BCUT2D eigenvalue weighted by atomic mass is 9.75. The average molecular weight is 342 g/mol. The summed E-state index contributed by atoms with van der Waals surface area (Å²) in [6.07, 6.45) is 6.46. The quantitative estimate of drug-likeness (QED) is 0.750. The molecule has 1 fully saturated rings. The van der Waals surface area contributed by atoms with Crippen LogP contribution in [0.15, 0.2) is 22.7 Å². The van der Waals surface area contributed by atoms with Gasteiger partial charge in [0.15, 0.2) is 0 Å². The smallest absolute Gasteiger partial charge is 0.137 e. The summed E-state index contributed by atoms with van der Waals surface area (Å²) in [6, 6.07) is 5.86. The lowest BCUT2D eigenvalue weighted by Gasteiger charge is -2.35. The Morgan fingerprint density at radius 2 is 2.15 bits per heavy atom. The first-order valence-electron chi connectivity index (χ1n) is 7.84. The Morgan fingerprint density at radius 1 is 1.35 bits per heavy atom. The van der Waals surface area contributed by atoms with E-state index in [1.54, 1.807) is 6.07 Å². The van der Waals surface area contributed by atoms with Crippen LogP contribution in [0, 0.1) is 17.7 Å². The minimum Gasteiger partial charge on any atom is -0.310 e. The summed E-state index contributed by atoms with van der Waals surface area (Å²) in [6.45, 7) is 5.34. The summed E-state index contributed by atoms with van der Waals surface area (Å²) in [5, 5.41) is 3.58. The van der Waals surface area contributed by atoms with Crippen molar-refractivity contribution >= 4 is 15.9 Å². The molecule has 0 heterocycles. The fourth-order valence-electron chi connectivity index (χ4n) is 3.49. The van der Waals surface area contributed by atoms with Gasteiger partial charge >= 0.3 is 0 Å². The van der Waals surface area contributed by atoms with Crippen LogP contribution in [-0.4, -0.2) is 6.54 Å². The van der Waals surface area contributed by atoms with Crippen LogP contribution in [0.1, 0.15) is 57.6 Å². The van der Waals surface area contributed by atoms with Gasteiger partial charge in [-0.05, 0) is 64.8 Å². The summed E-state index contributed by atoms with van der Waals surface area (Å²) in [5.74, 6) is 1.32. The van der Waals surface area contributed by atoms with Crippen LogP contribution in [0.2, 0.25) is 0 Å². The Bertz CT molecular complexity index is 435. The molecule has 0 radical (unpaired) electrons. The fourth-order valence-corrected chi connectivity index (χ4v) is 3.74. The van der Waals surface area contributed by atoms with Crippen molar-refractivity contribution in [1.82, 2.24) is 5.32 Å². The first kappa shape index (κ1) is 16.0. The molecule has 1 aliphatic rings. The highest BCUT2D eigenvalue weighted by Crippen LogP contribution is 2.38. The lowest BCUT2D eigenvalue weighted by Crippen LogP contribution is -2.31. The van der Waals surface area contributed by atoms with E-state index in [9.17, 15) is 4.39 Å². The third-order valence-electron chi connectivity index (χ3n) is 4.60. The molecule has 1 aliphatic carbocycles. The number of hydrogen-bond donors (Lipinski definition) is 1. The van der Waals surface area contributed by atoms with Crippen LogP contribution < -0.4 is 5.32 Å². The normalized spacial score (nSPS) is 24.6. The molecule has 3 unspecified atom stereocenters. The summed E-state index contributed by atoms with van der Waals surface area (Å²) in [4.78, 5) is 0. The topological polar surface area (TPSA) is 12.0 Å². The second kappa shape index (κ2) is 7.56. The number of nitrogens with one attached hydrogen (secondary N) is 1. The summed E-state index contributed by atoms with van der Waals surface area (Å²) >= 11 is 3.24. The SMILES string of the molecule is CCNC(c1ccc(Br)c(F)c1)C1CCCC(CC)C1. The van der Waals surface area contributed by atoms with Crippen LogP contribution >= 0.6 is 15.9 Å². The molecule has 1 N–H and O–H groups in total. The van der Waals surface area contributed by atoms with E-state index < -0.39 is 0 Å². The van der Waals surface area contributed by atoms with Crippen molar-refractivity contribution in [3.05, 3.63) is 34.1 Å². The average Bonchev–Trinajstić information content (AvgIpc) is 2.48. The van der Waals surface area contributed by atoms with E-state index >= 15 is 0 Å². The highest BCUT2D eigenvalue weighted by atomic mass is 79.9. The molecule has 1 aromatic carbocycles. The first-order valence-corrected chi connectivity index (χ1v) is 8.63. The Labute approximate surface area is 130 Å². The maximum atomic E-state index is 13.8. The second-order valence-electron chi connectivity index (χ2n) is 5.91. The number of hydrogen-bond acceptors (Lipinski definition) is 1. The van der Waals surface area contributed by atoms with Gasteiger partial charge in [-0.25, -0.2) is 4.39 Å². The van der Waals surface area contributed by atoms with E-state index in [1.807, 2.05) is 6.07 Å². The molecule has 0 aliphatic heterocycles. The Morgan fingerprint density at radius 3 is 2.80 bits per heavy atom. The van der Waals surface area contributed by atoms with Gasteiger partial charge in [0.05, 0.1) is 4.47 Å². The van der Waals surface area contributed by atoms with E-state index in [2.05, 4.69) is 41.2 Å². The van der Waals surface area contributed by atoms with Crippen molar-refractivity contribution in [2.75, 3.05) is 6.54 Å². The van der Waals surface area contributed by atoms with Crippen molar-refractivity contribution in [3.8, 4) is 0 Å². The molecule has 1 saturated carbocycles. The molecule has 112 valence electrons. The van der Waals surface area contributed by atoms with Crippen molar-refractivity contribution in [1.29, 1.82) is 0 Å². The third-order valence-corrected chi connectivity index (χ3v) is 5.24. The Balaban J connectivity index is 2.18. The van der Waals surface area contributed by atoms with E-state index in [4.69, 9.17) is 0 Å². The van der Waals surface area contributed by atoms with Gasteiger partial charge in [0, 0.05) is 6.04 Å². The first-order chi connectivity index (χ1) is 9.65. The summed E-state index contributed by atoms with van der Waals surface area (Å²) in [7, 11) is 0. The van der Waals surface area contributed by atoms with Crippen molar-refractivity contribution in [3.63, 3.8) is 0 Å². The van der Waals surface area contributed by atoms with E-state index in [0.29, 0.717) is 10.4 Å². The summed E-state index contributed by atoms with van der Waals surface area (Å²) < 4.78 is 14.4. The molecule has 0 saturated heterocycles. The maximum absolute atomic E-state index is 13.8. The van der Waals surface area contributed by atoms with Gasteiger partial charge in [0.2, 0.25) is 0 Å². The third kappa shape index (κ3) is 3.82. The van der Waals surface area contributed by atoms with Crippen LogP contribution in [0.4, 0.5) is 4.39 Å². The van der Waals surface area contributed by atoms with Gasteiger partial charge < -0.3 is 5.32 Å². The van der Waals surface area contributed by atoms with Gasteiger partial charge in [-0.3, -0.25) is 0 Å². The van der Waals surface area contributed by atoms with Crippen LogP contribution in [-0.2, 0) is 0 Å². The second-order valence-corrected chi connectivity index (χ2v) is 6.76. The van der Waals surface area contributed by atoms with Crippen molar-refractivity contribution in [2.45, 2.75) is 52.0 Å². The van der Waals surface area contributed by atoms with Crippen molar-refractivity contribution < 1.29 is 4.39 Å². The molecular formula is C17H25BrFN. The van der Waals surface area contributed by atoms with E-state index in [-0.39, 0.29) is 11.9 Å². The van der Waals surface area contributed by atoms with E-state index in [1.165, 1.54) is 32.1 Å². The molecule has 0 aromatic heterocycles. The van der Waals surface area contributed by atoms with Gasteiger partial charge in [0.1, 0.15) is 5.82 Å². The van der Waals surface area contributed by atoms with Crippen LogP contribution in [0.3, 0.4) is 0 Å². The lowest BCUT2D eigenvalue weighted by molar-refractivity contribution is 0.210. The predicted octanol–water partition coefficient (Wildman–Crippen LogP) is 5.46. The number of rotatable bonds is 5. The zero-order valence-electron chi connectivity index (χ0n) is 12.5. The van der Waals surface area contributed by atoms with E-state index in [0.717, 1.165) is 18.0 Å². The molecule has 2 rings (SSSR count). The van der Waals surface area contributed by atoms with Gasteiger partial charge in [0.25, 0.3) is 0 Å².